The number of amides is 1. The molecule has 0 aliphatic carbocycles. The van der Waals surface area contributed by atoms with E-state index in [-0.39, 0.29) is 0 Å². The van der Waals surface area contributed by atoms with E-state index in [2.05, 4.69) is 16.9 Å². The molecule has 1 aromatic rings. The molecule has 0 unspecified atom stereocenters. The van der Waals surface area contributed by atoms with E-state index in [4.69, 9.17) is 0 Å². The number of rotatable bonds is 6. The lowest BCUT2D eigenvalue weighted by Crippen LogP contribution is -2.12. The Labute approximate surface area is 106 Å². The number of hydrogen-bond donors (Lipinski definition) is 1. The van der Waals surface area contributed by atoms with Crippen LogP contribution in [-0.2, 0) is 4.79 Å². The number of nitrogens with zero attached hydrogens (tertiary/aromatic N) is 1. The molecule has 1 heterocycles. The number of thiazole rings is 1. The molecule has 1 rings (SSSR count). The third-order valence-corrected chi connectivity index (χ3v) is 3.22. The fraction of sp³-hybridized carbons (Fsp3) is 0.231. The molecule has 0 saturated heterocycles. The van der Waals surface area contributed by atoms with Crippen molar-refractivity contribution >= 4 is 23.3 Å². The quantitative estimate of drug-likeness (QED) is 0.621. The first-order valence-electron chi connectivity index (χ1n) is 5.26. The summed E-state index contributed by atoms with van der Waals surface area (Å²) in [7, 11) is 0. The third kappa shape index (κ3) is 4.00. The largest absolute Gasteiger partial charge is 0.355 e. The number of aromatic nitrogens is 1. The molecule has 0 fully saturated rings. The van der Waals surface area contributed by atoms with E-state index in [1.807, 2.05) is 37.6 Å². The predicted octanol–water partition coefficient (Wildman–Crippen LogP) is 2.71. The topological polar surface area (TPSA) is 42.0 Å². The molecule has 0 saturated carbocycles. The van der Waals surface area contributed by atoms with Crippen molar-refractivity contribution in [1.29, 1.82) is 0 Å². The first kappa shape index (κ1) is 13.4. The molecule has 0 aliphatic rings. The molecular formula is C13H16N2OS. The summed E-state index contributed by atoms with van der Waals surface area (Å²) in [4.78, 5) is 15.5. The van der Waals surface area contributed by atoms with Gasteiger partial charge in [0, 0.05) is 6.54 Å². The zero-order valence-electron chi connectivity index (χ0n) is 10.1. The van der Waals surface area contributed by atoms with Gasteiger partial charge in [-0.05, 0) is 19.4 Å². The Balaban J connectivity index is 2.85. The van der Waals surface area contributed by atoms with Gasteiger partial charge in [-0.2, -0.15) is 0 Å². The fourth-order valence-corrected chi connectivity index (χ4v) is 2.14. The minimum Gasteiger partial charge on any atom is -0.355 e. The zero-order chi connectivity index (χ0) is 12.7. The van der Waals surface area contributed by atoms with Crippen molar-refractivity contribution in [3.63, 3.8) is 0 Å². The SMILES string of the molecule is C=C/C(=C\C=C(/C)CNC=O)c1scnc1C. The second-order valence-corrected chi connectivity index (χ2v) is 4.46. The highest BCUT2D eigenvalue weighted by molar-refractivity contribution is 7.11. The van der Waals surface area contributed by atoms with E-state index in [0.717, 1.165) is 21.7 Å². The van der Waals surface area contributed by atoms with E-state index in [9.17, 15) is 4.79 Å². The number of allylic oxidation sites excluding steroid dienone is 4. The number of aryl methyl sites for hydroxylation is 1. The summed E-state index contributed by atoms with van der Waals surface area (Å²) in [5.74, 6) is 0. The van der Waals surface area contributed by atoms with E-state index >= 15 is 0 Å². The normalized spacial score (nSPS) is 12.4. The first-order chi connectivity index (χ1) is 8.19. The van der Waals surface area contributed by atoms with Gasteiger partial charge in [0.1, 0.15) is 0 Å². The van der Waals surface area contributed by atoms with Crippen molar-refractivity contribution in [2.24, 2.45) is 0 Å². The monoisotopic (exact) mass is 248 g/mol. The lowest BCUT2D eigenvalue weighted by Gasteiger charge is -2.00. The maximum absolute atomic E-state index is 10.2. The van der Waals surface area contributed by atoms with E-state index < -0.39 is 0 Å². The maximum Gasteiger partial charge on any atom is 0.207 e. The summed E-state index contributed by atoms with van der Waals surface area (Å²) in [6.07, 6.45) is 6.49. The summed E-state index contributed by atoms with van der Waals surface area (Å²) in [5.41, 5.74) is 4.97. The van der Waals surface area contributed by atoms with Gasteiger partial charge >= 0.3 is 0 Å². The number of carbonyl (C=O) groups excluding carboxylic acids is 1. The molecule has 90 valence electrons. The van der Waals surface area contributed by atoms with Crippen LogP contribution in [0.25, 0.3) is 5.57 Å². The van der Waals surface area contributed by atoms with Gasteiger partial charge in [-0.25, -0.2) is 4.98 Å². The van der Waals surface area contributed by atoms with Crippen LogP contribution in [0.3, 0.4) is 0 Å². The highest BCUT2D eigenvalue weighted by Gasteiger charge is 2.03. The van der Waals surface area contributed by atoms with Crippen molar-refractivity contribution in [3.05, 3.63) is 46.5 Å². The van der Waals surface area contributed by atoms with Crippen LogP contribution in [0.15, 0.2) is 35.9 Å². The summed E-state index contributed by atoms with van der Waals surface area (Å²) >= 11 is 1.60. The average Bonchev–Trinajstić information content (AvgIpc) is 2.74. The second-order valence-electron chi connectivity index (χ2n) is 3.60. The molecule has 0 spiro atoms. The highest BCUT2D eigenvalue weighted by Crippen LogP contribution is 2.23. The molecule has 0 radical (unpaired) electrons. The van der Waals surface area contributed by atoms with Crippen LogP contribution < -0.4 is 5.32 Å². The molecule has 0 bridgehead atoms. The second kappa shape index (κ2) is 6.81. The van der Waals surface area contributed by atoms with Gasteiger partial charge in [0.2, 0.25) is 6.41 Å². The fourth-order valence-electron chi connectivity index (χ4n) is 1.31. The molecule has 0 aromatic carbocycles. The molecule has 1 aromatic heterocycles. The molecule has 4 heteroatoms. The number of hydrogen-bond acceptors (Lipinski definition) is 3. The Morgan fingerprint density at radius 2 is 2.35 bits per heavy atom. The van der Waals surface area contributed by atoms with Gasteiger partial charge < -0.3 is 5.32 Å². The van der Waals surface area contributed by atoms with E-state index in [1.54, 1.807) is 11.3 Å². The van der Waals surface area contributed by atoms with Crippen LogP contribution >= 0.6 is 11.3 Å². The smallest absolute Gasteiger partial charge is 0.207 e. The number of nitrogens with one attached hydrogen (secondary N) is 1. The standard InChI is InChI=1S/C13H16N2OS/c1-4-12(13-11(3)15-9-17-13)6-5-10(2)7-14-8-16/h4-6,8-9H,1,7H2,2-3H3,(H,14,16)/b10-5+,12-6+. The predicted molar refractivity (Wildman–Crippen MR) is 72.8 cm³/mol. The van der Waals surface area contributed by atoms with E-state index in [0.29, 0.717) is 13.0 Å². The average molecular weight is 248 g/mol. The molecule has 1 N–H and O–H groups in total. The Bertz CT molecular complexity index is 458. The molecule has 0 aliphatic heterocycles. The molecule has 1 amide bonds. The van der Waals surface area contributed by atoms with Gasteiger partial charge in [0.05, 0.1) is 16.1 Å². The third-order valence-electron chi connectivity index (χ3n) is 2.24. The van der Waals surface area contributed by atoms with Gasteiger partial charge in [-0.15, -0.1) is 11.3 Å². The molecular weight excluding hydrogens is 232 g/mol. The van der Waals surface area contributed by atoms with Crippen LogP contribution in [-0.4, -0.2) is 17.9 Å². The minimum absolute atomic E-state index is 0.562. The summed E-state index contributed by atoms with van der Waals surface area (Å²) in [5, 5.41) is 2.62. The molecule has 3 nitrogen and oxygen atoms in total. The zero-order valence-corrected chi connectivity index (χ0v) is 10.9. The van der Waals surface area contributed by atoms with E-state index in [1.165, 1.54) is 0 Å². The Hall–Kier alpha value is -1.68. The Morgan fingerprint density at radius 3 is 2.88 bits per heavy atom. The first-order valence-corrected chi connectivity index (χ1v) is 6.14. The van der Waals surface area contributed by atoms with Crippen LogP contribution in [0.4, 0.5) is 0 Å². The van der Waals surface area contributed by atoms with Crippen LogP contribution in [0.5, 0.6) is 0 Å². The molecule has 0 atom stereocenters. The molecule has 17 heavy (non-hydrogen) atoms. The van der Waals surface area contributed by atoms with Crippen LogP contribution in [0, 0.1) is 6.92 Å². The lowest BCUT2D eigenvalue weighted by atomic mass is 10.1. The van der Waals surface area contributed by atoms with Crippen molar-refractivity contribution in [1.82, 2.24) is 10.3 Å². The Morgan fingerprint density at radius 1 is 1.59 bits per heavy atom. The minimum atomic E-state index is 0.562. The van der Waals surface area contributed by atoms with Gasteiger partial charge in [0.25, 0.3) is 0 Å². The Kier molecular flexibility index (Phi) is 5.36. The van der Waals surface area contributed by atoms with Crippen molar-refractivity contribution in [3.8, 4) is 0 Å². The lowest BCUT2D eigenvalue weighted by molar-refractivity contribution is -0.109. The summed E-state index contributed by atoms with van der Waals surface area (Å²) < 4.78 is 0. The van der Waals surface area contributed by atoms with Crippen molar-refractivity contribution in [2.45, 2.75) is 13.8 Å². The van der Waals surface area contributed by atoms with Crippen LogP contribution in [0.2, 0.25) is 0 Å². The summed E-state index contributed by atoms with van der Waals surface area (Å²) in [6.45, 7) is 8.31. The van der Waals surface area contributed by atoms with Gasteiger partial charge in [-0.1, -0.05) is 30.4 Å². The van der Waals surface area contributed by atoms with Crippen LogP contribution in [0.1, 0.15) is 17.5 Å². The van der Waals surface area contributed by atoms with Crippen molar-refractivity contribution in [2.75, 3.05) is 6.54 Å². The highest BCUT2D eigenvalue weighted by atomic mass is 32.1. The maximum atomic E-state index is 10.2. The summed E-state index contributed by atoms with van der Waals surface area (Å²) in [6, 6.07) is 0. The number of carbonyl (C=O) groups is 1. The van der Waals surface area contributed by atoms with Gasteiger partial charge in [0.15, 0.2) is 0 Å². The van der Waals surface area contributed by atoms with Crippen molar-refractivity contribution < 1.29 is 4.79 Å². The van der Waals surface area contributed by atoms with Gasteiger partial charge in [-0.3, -0.25) is 4.79 Å².